The van der Waals surface area contributed by atoms with Gasteiger partial charge in [0.2, 0.25) is 5.91 Å². The Balaban J connectivity index is 2.06. The standard InChI is InChI=1S/C9H18N2O2/c1-2-3-9(12)11-7-8-6-10-4-5-13-8/h8,10H,2-7H2,1H3,(H,11,12). The molecule has 0 radical (unpaired) electrons. The van der Waals surface area contributed by atoms with E-state index in [0.29, 0.717) is 13.0 Å². The Morgan fingerprint density at radius 2 is 2.54 bits per heavy atom. The summed E-state index contributed by atoms with van der Waals surface area (Å²) in [5.41, 5.74) is 0. The summed E-state index contributed by atoms with van der Waals surface area (Å²) >= 11 is 0. The third-order valence-corrected chi connectivity index (χ3v) is 2.01. The lowest BCUT2D eigenvalue weighted by molar-refractivity contribution is -0.121. The van der Waals surface area contributed by atoms with E-state index >= 15 is 0 Å². The first-order valence-electron chi connectivity index (χ1n) is 4.92. The van der Waals surface area contributed by atoms with Crippen LogP contribution in [0.3, 0.4) is 0 Å². The summed E-state index contributed by atoms with van der Waals surface area (Å²) in [6, 6.07) is 0. The molecule has 4 nitrogen and oxygen atoms in total. The van der Waals surface area contributed by atoms with E-state index in [2.05, 4.69) is 10.6 Å². The number of hydrogen-bond donors (Lipinski definition) is 2. The number of nitrogens with one attached hydrogen (secondary N) is 2. The highest BCUT2D eigenvalue weighted by molar-refractivity contribution is 5.75. The molecular weight excluding hydrogens is 168 g/mol. The molecule has 13 heavy (non-hydrogen) atoms. The SMILES string of the molecule is CCCC(=O)NCC1CNCCO1. The van der Waals surface area contributed by atoms with Crippen molar-refractivity contribution in [1.29, 1.82) is 0 Å². The first-order chi connectivity index (χ1) is 6.33. The summed E-state index contributed by atoms with van der Waals surface area (Å²) in [6.07, 6.45) is 1.66. The fourth-order valence-electron chi connectivity index (χ4n) is 1.29. The van der Waals surface area contributed by atoms with E-state index in [4.69, 9.17) is 4.74 Å². The van der Waals surface area contributed by atoms with Crippen LogP contribution >= 0.6 is 0 Å². The molecule has 1 rings (SSSR count). The van der Waals surface area contributed by atoms with E-state index in [-0.39, 0.29) is 12.0 Å². The number of hydrogen-bond acceptors (Lipinski definition) is 3. The van der Waals surface area contributed by atoms with Crippen molar-refractivity contribution < 1.29 is 9.53 Å². The second kappa shape index (κ2) is 5.94. The monoisotopic (exact) mass is 186 g/mol. The van der Waals surface area contributed by atoms with Gasteiger partial charge in [-0.2, -0.15) is 0 Å². The average molecular weight is 186 g/mol. The molecule has 0 bridgehead atoms. The number of amides is 1. The molecule has 76 valence electrons. The Kier molecular flexibility index (Phi) is 4.78. The van der Waals surface area contributed by atoms with Gasteiger partial charge in [-0.3, -0.25) is 4.79 Å². The van der Waals surface area contributed by atoms with Crippen molar-refractivity contribution in [3.8, 4) is 0 Å². The quantitative estimate of drug-likeness (QED) is 0.644. The van der Waals surface area contributed by atoms with Crippen LogP contribution < -0.4 is 10.6 Å². The zero-order valence-corrected chi connectivity index (χ0v) is 8.14. The number of ether oxygens (including phenoxy) is 1. The van der Waals surface area contributed by atoms with Crippen LogP contribution in [0.5, 0.6) is 0 Å². The highest BCUT2D eigenvalue weighted by Gasteiger charge is 2.13. The molecule has 0 aromatic rings. The van der Waals surface area contributed by atoms with Crippen LogP contribution in [-0.2, 0) is 9.53 Å². The molecule has 1 amide bonds. The molecule has 1 aliphatic heterocycles. The fraction of sp³-hybridized carbons (Fsp3) is 0.889. The maximum atomic E-state index is 11.1. The van der Waals surface area contributed by atoms with Crippen LogP contribution in [0.25, 0.3) is 0 Å². The summed E-state index contributed by atoms with van der Waals surface area (Å²) in [7, 11) is 0. The Labute approximate surface area is 79.0 Å². The van der Waals surface area contributed by atoms with E-state index in [9.17, 15) is 4.79 Å². The van der Waals surface area contributed by atoms with Crippen molar-refractivity contribution in [2.45, 2.75) is 25.9 Å². The van der Waals surface area contributed by atoms with Crippen molar-refractivity contribution in [2.75, 3.05) is 26.2 Å². The summed E-state index contributed by atoms with van der Waals surface area (Å²) < 4.78 is 5.43. The van der Waals surface area contributed by atoms with Gasteiger partial charge in [0.05, 0.1) is 12.7 Å². The van der Waals surface area contributed by atoms with Crippen LogP contribution in [0.1, 0.15) is 19.8 Å². The fourth-order valence-corrected chi connectivity index (χ4v) is 1.29. The predicted octanol–water partition coefficient (Wildman–Crippen LogP) is -0.109. The maximum Gasteiger partial charge on any atom is 0.220 e. The van der Waals surface area contributed by atoms with Gasteiger partial charge in [-0.25, -0.2) is 0 Å². The number of rotatable bonds is 4. The van der Waals surface area contributed by atoms with Crippen molar-refractivity contribution in [1.82, 2.24) is 10.6 Å². The predicted molar refractivity (Wildman–Crippen MR) is 50.5 cm³/mol. The van der Waals surface area contributed by atoms with Gasteiger partial charge >= 0.3 is 0 Å². The lowest BCUT2D eigenvalue weighted by Crippen LogP contribution is -2.45. The molecule has 1 aliphatic rings. The lowest BCUT2D eigenvalue weighted by Gasteiger charge is -2.23. The van der Waals surface area contributed by atoms with Gasteiger partial charge in [-0.15, -0.1) is 0 Å². The number of carbonyl (C=O) groups excluding carboxylic acids is 1. The Bertz CT molecular complexity index is 156. The Morgan fingerprint density at radius 1 is 1.69 bits per heavy atom. The molecule has 1 fully saturated rings. The molecule has 1 saturated heterocycles. The van der Waals surface area contributed by atoms with Gasteiger partial charge in [0.15, 0.2) is 0 Å². The van der Waals surface area contributed by atoms with E-state index in [0.717, 1.165) is 26.1 Å². The van der Waals surface area contributed by atoms with E-state index in [1.54, 1.807) is 0 Å². The van der Waals surface area contributed by atoms with Crippen LogP contribution in [0.4, 0.5) is 0 Å². The number of morpholine rings is 1. The third kappa shape index (κ3) is 4.24. The molecule has 0 spiro atoms. The van der Waals surface area contributed by atoms with Gasteiger partial charge in [-0.1, -0.05) is 6.92 Å². The molecule has 0 aliphatic carbocycles. The second-order valence-corrected chi connectivity index (χ2v) is 3.25. The normalized spacial score (nSPS) is 22.7. The number of carbonyl (C=O) groups is 1. The van der Waals surface area contributed by atoms with Crippen LogP contribution in [0.2, 0.25) is 0 Å². The summed E-state index contributed by atoms with van der Waals surface area (Å²) in [5.74, 6) is 0.122. The van der Waals surface area contributed by atoms with Crippen molar-refractivity contribution in [2.24, 2.45) is 0 Å². The molecule has 0 aromatic carbocycles. The molecule has 1 atom stereocenters. The van der Waals surface area contributed by atoms with Gasteiger partial charge in [0, 0.05) is 26.1 Å². The second-order valence-electron chi connectivity index (χ2n) is 3.25. The van der Waals surface area contributed by atoms with E-state index in [1.807, 2.05) is 6.92 Å². The smallest absolute Gasteiger partial charge is 0.220 e. The van der Waals surface area contributed by atoms with Crippen LogP contribution in [-0.4, -0.2) is 38.3 Å². The minimum Gasteiger partial charge on any atom is -0.374 e. The highest BCUT2D eigenvalue weighted by atomic mass is 16.5. The van der Waals surface area contributed by atoms with E-state index < -0.39 is 0 Å². The molecule has 0 aromatic heterocycles. The first kappa shape index (κ1) is 10.5. The summed E-state index contributed by atoms with van der Waals surface area (Å²) in [6.45, 7) is 5.13. The van der Waals surface area contributed by atoms with Gasteiger partial charge < -0.3 is 15.4 Å². The largest absolute Gasteiger partial charge is 0.374 e. The van der Waals surface area contributed by atoms with Gasteiger partial charge in [-0.05, 0) is 6.42 Å². The van der Waals surface area contributed by atoms with E-state index in [1.165, 1.54) is 0 Å². The zero-order chi connectivity index (χ0) is 9.52. The Morgan fingerprint density at radius 3 is 3.15 bits per heavy atom. The van der Waals surface area contributed by atoms with Crippen LogP contribution in [0.15, 0.2) is 0 Å². The zero-order valence-electron chi connectivity index (χ0n) is 8.14. The lowest BCUT2D eigenvalue weighted by atomic mass is 10.3. The minimum absolute atomic E-state index is 0.122. The maximum absolute atomic E-state index is 11.1. The van der Waals surface area contributed by atoms with Crippen molar-refractivity contribution in [3.63, 3.8) is 0 Å². The average Bonchev–Trinajstić information content (AvgIpc) is 2.17. The minimum atomic E-state index is 0.122. The summed E-state index contributed by atoms with van der Waals surface area (Å²) in [4.78, 5) is 11.1. The topological polar surface area (TPSA) is 50.4 Å². The van der Waals surface area contributed by atoms with Crippen molar-refractivity contribution >= 4 is 5.91 Å². The highest BCUT2D eigenvalue weighted by Crippen LogP contribution is 1.94. The molecule has 2 N–H and O–H groups in total. The Hall–Kier alpha value is -0.610. The van der Waals surface area contributed by atoms with Crippen LogP contribution in [0, 0.1) is 0 Å². The van der Waals surface area contributed by atoms with Crippen molar-refractivity contribution in [3.05, 3.63) is 0 Å². The molecule has 1 unspecified atom stereocenters. The first-order valence-corrected chi connectivity index (χ1v) is 4.92. The van der Waals surface area contributed by atoms with Gasteiger partial charge in [0.1, 0.15) is 0 Å². The van der Waals surface area contributed by atoms with Gasteiger partial charge in [0.25, 0.3) is 0 Å². The molecule has 4 heteroatoms. The molecule has 0 saturated carbocycles. The summed E-state index contributed by atoms with van der Waals surface area (Å²) in [5, 5.41) is 6.06. The molecular formula is C9H18N2O2. The third-order valence-electron chi connectivity index (χ3n) is 2.01. The molecule has 1 heterocycles.